The van der Waals surface area contributed by atoms with Gasteiger partial charge in [0.1, 0.15) is 0 Å². The molecule has 0 aromatic heterocycles. The van der Waals surface area contributed by atoms with Crippen LogP contribution in [0, 0.1) is 0 Å². The number of hydrogen-bond acceptors (Lipinski definition) is 2. The van der Waals surface area contributed by atoms with Crippen LogP contribution >= 0.6 is 35.8 Å². The SMILES string of the molecule is Cl.Clc1ccccc1SC1CCNCC1. The highest BCUT2D eigenvalue weighted by molar-refractivity contribution is 8.00. The number of nitrogens with one attached hydrogen (secondary N) is 1. The summed E-state index contributed by atoms with van der Waals surface area (Å²) in [7, 11) is 0. The Hall–Kier alpha value is 0.110. The zero-order valence-corrected chi connectivity index (χ0v) is 10.8. The maximum absolute atomic E-state index is 6.11. The quantitative estimate of drug-likeness (QED) is 0.875. The Morgan fingerprint density at radius 1 is 1.20 bits per heavy atom. The Morgan fingerprint density at radius 2 is 1.87 bits per heavy atom. The molecule has 1 N–H and O–H groups in total. The molecule has 4 heteroatoms. The van der Waals surface area contributed by atoms with E-state index < -0.39 is 0 Å². The number of thioether (sulfide) groups is 1. The number of piperidine rings is 1. The molecule has 2 rings (SSSR count). The zero-order chi connectivity index (χ0) is 9.80. The van der Waals surface area contributed by atoms with Gasteiger partial charge in [0.25, 0.3) is 0 Å². The van der Waals surface area contributed by atoms with Crippen LogP contribution in [0.5, 0.6) is 0 Å². The van der Waals surface area contributed by atoms with Crippen LogP contribution in [0.2, 0.25) is 5.02 Å². The van der Waals surface area contributed by atoms with Crippen molar-refractivity contribution in [3.05, 3.63) is 29.3 Å². The van der Waals surface area contributed by atoms with Gasteiger partial charge in [-0.25, -0.2) is 0 Å². The van der Waals surface area contributed by atoms with Crippen LogP contribution in [0.1, 0.15) is 12.8 Å². The van der Waals surface area contributed by atoms with Crippen molar-refractivity contribution in [1.82, 2.24) is 5.32 Å². The van der Waals surface area contributed by atoms with Gasteiger partial charge < -0.3 is 5.32 Å². The van der Waals surface area contributed by atoms with Crippen LogP contribution in [0.3, 0.4) is 0 Å². The first kappa shape index (κ1) is 13.2. The first-order valence-electron chi connectivity index (χ1n) is 4.98. The second kappa shape index (κ2) is 6.64. The molecule has 84 valence electrons. The Morgan fingerprint density at radius 3 is 2.53 bits per heavy atom. The first-order valence-corrected chi connectivity index (χ1v) is 6.24. The van der Waals surface area contributed by atoms with E-state index in [4.69, 9.17) is 11.6 Å². The standard InChI is InChI=1S/C11H14ClNS.ClH/c12-10-3-1-2-4-11(10)14-9-5-7-13-8-6-9;/h1-4,9,13H,5-8H2;1H. The maximum Gasteiger partial charge on any atom is 0.0541 e. The van der Waals surface area contributed by atoms with Crippen LogP contribution in [0.25, 0.3) is 0 Å². The van der Waals surface area contributed by atoms with E-state index in [2.05, 4.69) is 17.4 Å². The smallest absolute Gasteiger partial charge is 0.0541 e. The van der Waals surface area contributed by atoms with Crippen molar-refractivity contribution in [2.75, 3.05) is 13.1 Å². The molecule has 0 amide bonds. The molecule has 0 unspecified atom stereocenters. The number of rotatable bonds is 2. The average Bonchev–Trinajstić information content (AvgIpc) is 2.23. The molecule has 15 heavy (non-hydrogen) atoms. The highest BCUT2D eigenvalue weighted by Gasteiger charge is 2.14. The van der Waals surface area contributed by atoms with E-state index in [0.29, 0.717) is 0 Å². The molecule has 1 saturated heterocycles. The van der Waals surface area contributed by atoms with E-state index in [-0.39, 0.29) is 12.4 Å². The molecule has 0 radical (unpaired) electrons. The summed E-state index contributed by atoms with van der Waals surface area (Å²) in [6.45, 7) is 2.28. The maximum atomic E-state index is 6.11. The topological polar surface area (TPSA) is 12.0 Å². The fourth-order valence-electron chi connectivity index (χ4n) is 1.63. The third-order valence-electron chi connectivity index (χ3n) is 2.42. The van der Waals surface area contributed by atoms with Gasteiger partial charge >= 0.3 is 0 Å². The molecule has 1 aliphatic heterocycles. The normalized spacial score (nSPS) is 17.1. The van der Waals surface area contributed by atoms with Crippen LogP contribution in [-0.2, 0) is 0 Å². The van der Waals surface area contributed by atoms with E-state index in [1.807, 2.05) is 23.9 Å². The Balaban J connectivity index is 0.00000112. The van der Waals surface area contributed by atoms with Crippen LogP contribution in [0.15, 0.2) is 29.2 Å². The van der Waals surface area contributed by atoms with E-state index >= 15 is 0 Å². The van der Waals surface area contributed by atoms with Gasteiger partial charge in [-0.15, -0.1) is 24.2 Å². The molecule has 1 aliphatic rings. The van der Waals surface area contributed by atoms with Gasteiger partial charge in [0, 0.05) is 10.1 Å². The summed E-state index contributed by atoms with van der Waals surface area (Å²) >= 11 is 8.03. The number of hydrogen-bond donors (Lipinski definition) is 1. The fraction of sp³-hybridized carbons (Fsp3) is 0.455. The van der Waals surface area contributed by atoms with E-state index in [9.17, 15) is 0 Å². The van der Waals surface area contributed by atoms with Gasteiger partial charge in [-0.1, -0.05) is 23.7 Å². The minimum absolute atomic E-state index is 0. The van der Waals surface area contributed by atoms with Gasteiger partial charge in [0.15, 0.2) is 0 Å². The molecule has 1 aromatic rings. The second-order valence-corrected chi connectivity index (χ2v) is 5.25. The molecule has 0 bridgehead atoms. The van der Waals surface area contributed by atoms with Crippen molar-refractivity contribution in [3.8, 4) is 0 Å². The molecule has 0 aliphatic carbocycles. The Bertz CT molecular complexity index is 300. The van der Waals surface area contributed by atoms with Gasteiger partial charge in [0.05, 0.1) is 5.02 Å². The van der Waals surface area contributed by atoms with Crippen molar-refractivity contribution in [3.63, 3.8) is 0 Å². The summed E-state index contributed by atoms with van der Waals surface area (Å²) < 4.78 is 0. The van der Waals surface area contributed by atoms with Crippen LogP contribution < -0.4 is 5.32 Å². The second-order valence-electron chi connectivity index (χ2n) is 3.50. The lowest BCUT2D eigenvalue weighted by molar-refractivity contribution is 0.531. The molecule has 1 fully saturated rings. The van der Waals surface area contributed by atoms with Gasteiger partial charge in [-0.2, -0.15) is 0 Å². The van der Waals surface area contributed by atoms with Gasteiger partial charge in [0.2, 0.25) is 0 Å². The largest absolute Gasteiger partial charge is 0.317 e. The van der Waals surface area contributed by atoms with E-state index in [1.54, 1.807) is 0 Å². The lowest BCUT2D eigenvalue weighted by Gasteiger charge is -2.22. The minimum Gasteiger partial charge on any atom is -0.317 e. The molecular formula is C11H15Cl2NS. The highest BCUT2D eigenvalue weighted by Crippen LogP contribution is 2.33. The lowest BCUT2D eigenvalue weighted by Crippen LogP contribution is -2.29. The van der Waals surface area contributed by atoms with Crippen molar-refractivity contribution in [1.29, 1.82) is 0 Å². The summed E-state index contributed by atoms with van der Waals surface area (Å²) in [5, 5.41) is 4.99. The summed E-state index contributed by atoms with van der Waals surface area (Å²) in [4.78, 5) is 1.22. The predicted octanol–water partition coefficient (Wildman–Crippen LogP) is 3.61. The van der Waals surface area contributed by atoms with Crippen LogP contribution in [0.4, 0.5) is 0 Å². The third kappa shape index (κ3) is 3.87. The summed E-state index contributed by atoms with van der Waals surface area (Å²) in [6, 6.07) is 8.10. The van der Waals surface area contributed by atoms with E-state index in [1.165, 1.54) is 17.7 Å². The van der Waals surface area contributed by atoms with Gasteiger partial charge in [-0.3, -0.25) is 0 Å². The average molecular weight is 264 g/mol. The Kier molecular flexibility index (Phi) is 5.83. The predicted molar refractivity (Wildman–Crippen MR) is 70.4 cm³/mol. The number of benzene rings is 1. The summed E-state index contributed by atoms with van der Waals surface area (Å²) in [5.41, 5.74) is 0. The summed E-state index contributed by atoms with van der Waals surface area (Å²) in [6.07, 6.45) is 2.49. The molecule has 1 aromatic carbocycles. The lowest BCUT2D eigenvalue weighted by atomic mass is 10.2. The fourth-order valence-corrected chi connectivity index (χ4v) is 3.07. The molecular weight excluding hydrogens is 249 g/mol. The molecule has 1 heterocycles. The van der Waals surface area contributed by atoms with Crippen molar-refractivity contribution in [2.24, 2.45) is 0 Å². The van der Waals surface area contributed by atoms with Crippen LogP contribution in [-0.4, -0.2) is 18.3 Å². The molecule has 0 spiro atoms. The first-order chi connectivity index (χ1) is 6.86. The van der Waals surface area contributed by atoms with Crippen molar-refractivity contribution >= 4 is 35.8 Å². The minimum atomic E-state index is 0. The zero-order valence-electron chi connectivity index (χ0n) is 8.41. The highest BCUT2D eigenvalue weighted by atomic mass is 35.5. The molecule has 1 nitrogen and oxygen atoms in total. The number of halogens is 2. The summed E-state index contributed by atoms with van der Waals surface area (Å²) in [5.74, 6) is 0. The van der Waals surface area contributed by atoms with Crippen molar-refractivity contribution in [2.45, 2.75) is 23.0 Å². The third-order valence-corrected chi connectivity index (χ3v) is 4.27. The molecule has 0 saturated carbocycles. The molecule has 0 atom stereocenters. The van der Waals surface area contributed by atoms with Gasteiger partial charge in [-0.05, 0) is 38.1 Å². The monoisotopic (exact) mass is 263 g/mol. The van der Waals surface area contributed by atoms with E-state index in [0.717, 1.165) is 23.4 Å². The van der Waals surface area contributed by atoms with Crippen molar-refractivity contribution < 1.29 is 0 Å². The Labute approximate surface area is 106 Å².